The quantitative estimate of drug-likeness (QED) is 0.521. The molecular formula is C19H15BrN2O3. The molecule has 2 aromatic heterocycles. The molecule has 0 saturated heterocycles. The first-order chi connectivity index (χ1) is 11.9. The molecule has 0 spiro atoms. The van der Waals surface area contributed by atoms with Gasteiger partial charge in [0.25, 0.3) is 5.56 Å². The van der Waals surface area contributed by atoms with Crippen LogP contribution in [-0.2, 0) is 6.54 Å². The van der Waals surface area contributed by atoms with Gasteiger partial charge < -0.3 is 9.67 Å². The van der Waals surface area contributed by atoms with Gasteiger partial charge in [-0.15, -0.1) is 0 Å². The van der Waals surface area contributed by atoms with Gasteiger partial charge in [-0.3, -0.25) is 9.59 Å². The molecule has 5 nitrogen and oxygen atoms in total. The van der Waals surface area contributed by atoms with E-state index in [0.717, 1.165) is 10.9 Å². The molecule has 0 radical (unpaired) electrons. The van der Waals surface area contributed by atoms with Crippen molar-refractivity contribution in [3.63, 3.8) is 0 Å². The number of aromatic hydroxyl groups is 1. The van der Waals surface area contributed by atoms with Gasteiger partial charge in [0, 0.05) is 28.5 Å². The lowest BCUT2D eigenvalue weighted by Gasteiger charge is -2.09. The Bertz CT molecular complexity index is 1130. The number of pyridine rings is 2. The van der Waals surface area contributed by atoms with Gasteiger partial charge in [0.15, 0.2) is 5.78 Å². The molecular weight excluding hydrogens is 384 g/mol. The lowest BCUT2D eigenvalue weighted by atomic mass is 10.0. The van der Waals surface area contributed by atoms with E-state index in [9.17, 15) is 14.7 Å². The van der Waals surface area contributed by atoms with Gasteiger partial charge in [-0.25, -0.2) is 4.98 Å². The summed E-state index contributed by atoms with van der Waals surface area (Å²) in [7, 11) is 0. The molecule has 0 amide bonds. The molecule has 0 fully saturated rings. The third-order valence-corrected chi connectivity index (χ3v) is 5.56. The Morgan fingerprint density at radius 2 is 2.12 bits per heavy atom. The molecule has 1 N–H and O–H groups in total. The van der Waals surface area contributed by atoms with Crippen molar-refractivity contribution in [2.45, 2.75) is 26.8 Å². The number of hydrogen-bond acceptors (Lipinski definition) is 4. The zero-order valence-electron chi connectivity index (χ0n) is 13.8. The minimum Gasteiger partial charge on any atom is -0.507 e. The van der Waals surface area contributed by atoms with Gasteiger partial charge in [0.2, 0.25) is 0 Å². The molecule has 0 atom stereocenters. The van der Waals surface area contributed by atoms with Crippen molar-refractivity contribution in [3.05, 3.63) is 55.8 Å². The predicted octanol–water partition coefficient (Wildman–Crippen LogP) is 3.79. The first-order valence-corrected chi connectivity index (χ1v) is 8.80. The maximum Gasteiger partial charge on any atom is 0.255 e. The highest BCUT2D eigenvalue weighted by atomic mass is 79.9. The van der Waals surface area contributed by atoms with E-state index in [4.69, 9.17) is 0 Å². The number of fused-ring (bicyclic) bond motifs is 4. The lowest BCUT2D eigenvalue weighted by Crippen LogP contribution is -2.24. The van der Waals surface area contributed by atoms with E-state index in [0.29, 0.717) is 45.5 Å². The van der Waals surface area contributed by atoms with Gasteiger partial charge in [-0.1, -0.05) is 6.92 Å². The summed E-state index contributed by atoms with van der Waals surface area (Å²) in [5.41, 5.74) is 3.80. The van der Waals surface area contributed by atoms with Crippen LogP contribution in [0.25, 0.3) is 22.3 Å². The van der Waals surface area contributed by atoms with E-state index in [1.54, 1.807) is 36.6 Å². The molecule has 6 heteroatoms. The molecule has 1 aromatic carbocycles. The van der Waals surface area contributed by atoms with Crippen LogP contribution in [0.2, 0.25) is 0 Å². The number of hydrogen-bond donors (Lipinski definition) is 1. The van der Waals surface area contributed by atoms with Crippen LogP contribution >= 0.6 is 15.9 Å². The van der Waals surface area contributed by atoms with Crippen molar-refractivity contribution in [1.82, 2.24) is 9.55 Å². The fraction of sp³-hybridized carbons (Fsp3) is 0.211. The van der Waals surface area contributed by atoms with Crippen molar-refractivity contribution in [3.8, 4) is 17.1 Å². The molecule has 0 unspecified atom stereocenters. The Morgan fingerprint density at radius 3 is 2.84 bits per heavy atom. The maximum absolute atomic E-state index is 12.7. The highest BCUT2D eigenvalue weighted by molar-refractivity contribution is 9.10. The van der Waals surface area contributed by atoms with Crippen LogP contribution in [0.5, 0.6) is 5.75 Å². The van der Waals surface area contributed by atoms with E-state index < -0.39 is 0 Å². The van der Waals surface area contributed by atoms with Crippen molar-refractivity contribution in [1.29, 1.82) is 0 Å². The SMILES string of the molecule is CCC(=O)c1cc2n(c(=O)c1C)Cc1cc3c(Br)c(O)ccc3nc1-2. The molecule has 1 aliphatic rings. The number of phenolic OH excluding ortho intramolecular Hbond substituents is 1. The highest BCUT2D eigenvalue weighted by Crippen LogP contribution is 2.37. The van der Waals surface area contributed by atoms with Crippen LogP contribution in [0.15, 0.2) is 33.5 Å². The number of carbonyl (C=O) groups excluding carboxylic acids is 1. The first-order valence-electron chi connectivity index (χ1n) is 8.01. The largest absolute Gasteiger partial charge is 0.507 e. The minimum atomic E-state index is -0.154. The minimum absolute atomic E-state index is 0.0418. The average molecular weight is 399 g/mol. The zero-order chi connectivity index (χ0) is 17.9. The molecule has 4 rings (SSSR count). The third-order valence-electron chi connectivity index (χ3n) is 4.73. The maximum atomic E-state index is 12.7. The van der Waals surface area contributed by atoms with E-state index in [2.05, 4.69) is 20.9 Å². The topological polar surface area (TPSA) is 72.2 Å². The summed E-state index contributed by atoms with van der Waals surface area (Å²) >= 11 is 3.39. The Hall–Kier alpha value is -2.47. The van der Waals surface area contributed by atoms with Crippen LogP contribution in [0.4, 0.5) is 0 Å². The zero-order valence-corrected chi connectivity index (χ0v) is 15.3. The Labute approximate surface area is 152 Å². The standard InChI is InChI=1S/C19H15BrN2O3/c1-3-15(23)11-7-14-18-10(8-22(14)19(25)9(11)2)6-12-13(21-18)4-5-16(24)17(12)20/h4-7,24H,3,8H2,1-2H3. The van der Waals surface area contributed by atoms with E-state index in [1.165, 1.54) is 0 Å². The average Bonchev–Trinajstić information content (AvgIpc) is 2.97. The number of Topliss-reactive ketones (excluding diaryl/α,β-unsaturated/α-hetero) is 1. The van der Waals surface area contributed by atoms with Crippen molar-refractivity contribution >= 4 is 32.6 Å². The van der Waals surface area contributed by atoms with Crippen molar-refractivity contribution < 1.29 is 9.90 Å². The second-order valence-electron chi connectivity index (χ2n) is 6.20. The number of aromatic nitrogens is 2. The monoisotopic (exact) mass is 398 g/mol. The Morgan fingerprint density at radius 1 is 1.36 bits per heavy atom. The second kappa shape index (κ2) is 5.52. The highest BCUT2D eigenvalue weighted by Gasteiger charge is 2.25. The number of rotatable bonds is 2. The van der Waals surface area contributed by atoms with Gasteiger partial charge in [0.05, 0.1) is 27.9 Å². The third kappa shape index (κ3) is 2.24. The van der Waals surface area contributed by atoms with Crippen molar-refractivity contribution in [2.24, 2.45) is 0 Å². The summed E-state index contributed by atoms with van der Waals surface area (Å²) < 4.78 is 2.24. The first kappa shape index (κ1) is 16.0. The van der Waals surface area contributed by atoms with Crippen LogP contribution < -0.4 is 5.56 Å². The Balaban J connectivity index is 2.02. The summed E-state index contributed by atoms with van der Waals surface area (Å²) in [6.45, 7) is 3.90. The molecule has 3 aromatic rings. The van der Waals surface area contributed by atoms with Crippen LogP contribution in [0.1, 0.15) is 34.8 Å². The smallest absolute Gasteiger partial charge is 0.255 e. The normalized spacial score (nSPS) is 12.3. The molecule has 0 saturated carbocycles. The molecule has 1 aliphatic heterocycles. The molecule has 0 bridgehead atoms. The number of benzene rings is 1. The molecule has 0 aliphatic carbocycles. The van der Waals surface area contributed by atoms with Crippen molar-refractivity contribution in [2.75, 3.05) is 0 Å². The molecule has 126 valence electrons. The Kier molecular flexibility index (Phi) is 3.54. The van der Waals surface area contributed by atoms with Crippen LogP contribution in [-0.4, -0.2) is 20.4 Å². The van der Waals surface area contributed by atoms with E-state index >= 15 is 0 Å². The fourth-order valence-corrected chi connectivity index (χ4v) is 3.79. The van der Waals surface area contributed by atoms with Gasteiger partial charge in [-0.05, 0) is 47.1 Å². The molecule has 3 heterocycles. The second-order valence-corrected chi connectivity index (χ2v) is 6.99. The lowest BCUT2D eigenvalue weighted by molar-refractivity contribution is 0.0987. The number of halogens is 1. The van der Waals surface area contributed by atoms with Gasteiger partial charge in [0.1, 0.15) is 5.75 Å². The van der Waals surface area contributed by atoms with E-state index in [-0.39, 0.29) is 17.1 Å². The summed E-state index contributed by atoms with van der Waals surface area (Å²) in [5, 5.41) is 10.7. The molecule has 25 heavy (non-hydrogen) atoms. The van der Waals surface area contributed by atoms with Gasteiger partial charge in [-0.2, -0.15) is 0 Å². The number of phenols is 1. The summed E-state index contributed by atoms with van der Waals surface area (Å²) in [6.07, 6.45) is 0.355. The fourth-order valence-electron chi connectivity index (χ4n) is 3.34. The van der Waals surface area contributed by atoms with Gasteiger partial charge >= 0.3 is 0 Å². The number of nitrogens with zero attached hydrogens (tertiary/aromatic N) is 2. The summed E-state index contributed by atoms with van der Waals surface area (Å²) in [5.74, 6) is 0.105. The van der Waals surface area contributed by atoms with E-state index in [1.807, 2.05) is 6.07 Å². The number of ketones is 1. The summed E-state index contributed by atoms with van der Waals surface area (Å²) in [4.78, 5) is 29.6. The predicted molar refractivity (Wildman–Crippen MR) is 99.3 cm³/mol. The van der Waals surface area contributed by atoms with Crippen LogP contribution in [0.3, 0.4) is 0 Å². The summed E-state index contributed by atoms with van der Waals surface area (Å²) in [6, 6.07) is 7.03. The van der Waals surface area contributed by atoms with Crippen LogP contribution in [0, 0.1) is 6.92 Å². The number of carbonyl (C=O) groups is 1.